The third-order valence-electron chi connectivity index (χ3n) is 6.87. The molecule has 9 heteroatoms. The number of ether oxygens (including phenoxy) is 2. The minimum absolute atomic E-state index is 0.00748. The maximum absolute atomic E-state index is 14.5. The Balaban J connectivity index is 1.35. The molecule has 1 aliphatic carbocycles. The maximum atomic E-state index is 14.5. The summed E-state index contributed by atoms with van der Waals surface area (Å²) in [6, 6.07) is 4.15. The molecule has 0 spiro atoms. The first-order chi connectivity index (χ1) is 17.0. The van der Waals surface area contributed by atoms with Crippen molar-refractivity contribution < 1.29 is 13.9 Å². The molecule has 0 unspecified atom stereocenters. The molecule has 1 aromatic carbocycles. The van der Waals surface area contributed by atoms with Crippen molar-refractivity contribution >= 4 is 22.4 Å². The normalized spacial score (nSPS) is 20.5. The maximum Gasteiger partial charge on any atom is 0.269 e. The Bertz CT molecular complexity index is 1310. The summed E-state index contributed by atoms with van der Waals surface area (Å²) >= 11 is 0. The van der Waals surface area contributed by atoms with Gasteiger partial charge in [0.25, 0.3) is 5.56 Å². The van der Waals surface area contributed by atoms with Crippen LogP contribution in [0.15, 0.2) is 35.5 Å². The zero-order chi connectivity index (χ0) is 24.4. The number of rotatable bonds is 6. The van der Waals surface area contributed by atoms with Crippen LogP contribution in [0.5, 0.6) is 5.75 Å². The van der Waals surface area contributed by atoms with E-state index in [1.165, 1.54) is 18.1 Å². The Labute approximate surface area is 203 Å². The first-order valence-electron chi connectivity index (χ1n) is 12.2. The van der Waals surface area contributed by atoms with Crippen LogP contribution >= 0.6 is 0 Å². The van der Waals surface area contributed by atoms with Crippen LogP contribution in [0.4, 0.5) is 10.2 Å². The molecule has 8 nitrogen and oxygen atoms in total. The van der Waals surface area contributed by atoms with Gasteiger partial charge in [-0.1, -0.05) is 13.0 Å². The quantitative estimate of drug-likeness (QED) is 0.571. The van der Waals surface area contributed by atoms with Crippen molar-refractivity contribution in [2.45, 2.75) is 57.6 Å². The van der Waals surface area contributed by atoms with Crippen LogP contribution in [0.3, 0.4) is 0 Å². The predicted octanol–water partition coefficient (Wildman–Crippen LogP) is 4.03. The van der Waals surface area contributed by atoms with Crippen molar-refractivity contribution in [3.05, 3.63) is 58.2 Å². The minimum Gasteiger partial charge on any atom is -0.488 e. The topological polar surface area (TPSA) is 91.2 Å². The molecular weight excluding hydrogens is 449 g/mol. The zero-order valence-electron chi connectivity index (χ0n) is 20.1. The highest BCUT2D eigenvalue weighted by Crippen LogP contribution is 2.34. The third-order valence-corrected chi connectivity index (χ3v) is 6.87. The lowest BCUT2D eigenvalue weighted by molar-refractivity contribution is 0.151. The largest absolute Gasteiger partial charge is 0.488 e. The molecule has 1 fully saturated rings. The van der Waals surface area contributed by atoms with Gasteiger partial charge in [-0.25, -0.2) is 19.3 Å². The van der Waals surface area contributed by atoms with Gasteiger partial charge in [0.15, 0.2) is 11.6 Å². The minimum atomic E-state index is -0.368. The van der Waals surface area contributed by atoms with Crippen LogP contribution < -0.4 is 15.6 Å². The van der Waals surface area contributed by atoms with Crippen LogP contribution in [0.1, 0.15) is 50.3 Å². The number of nitrogens with one attached hydrogen (secondary N) is 1. The van der Waals surface area contributed by atoms with E-state index in [4.69, 9.17) is 9.47 Å². The Kier molecular flexibility index (Phi) is 6.77. The number of aryl methyl sites for hydroxylation is 2. The fourth-order valence-electron chi connectivity index (χ4n) is 4.87. The highest BCUT2D eigenvalue weighted by molar-refractivity contribution is 5.86. The zero-order valence-corrected chi connectivity index (χ0v) is 20.1. The van der Waals surface area contributed by atoms with E-state index in [2.05, 4.69) is 26.3 Å². The summed E-state index contributed by atoms with van der Waals surface area (Å²) in [5.74, 6) is 0.571. The standard InChI is InChI=1S/C26H30FN5O3/c1-3-20-24(27)26(30-15-29-20)31-18-4-6-19(7-5-18)35-22-13-17(16-8-10-34-11-9-16)12-21-25(22)32(2)23(33)14-28-21/h8,12-15,18-19H,3-7,9-11H2,1-2H3,(H,29,30,31)/t18-,19+. The molecule has 5 rings (SSSR count). The number of hydrogen-bond donors (Lipinski definition) is 1. The second kappa shape index (κ2) is 10.1. The van der Waals surface area contributed by atoms with Crippen LogP contribution in [0, 0.1) is 5.82 Å². The van der Waals surface area contributed by atoms with Crippen LogP contribution in [0.25, 0.3) is 16.6 Å². The van der Waals surface area contributed by atoms with E-state index in [-0.39, 0.29) is 29.3 Å². The van der Waals surface area contributed by atoms with Crippen molar-refractivity contribution in [3.63, 3.8) is 0 Å². The van der Waals surface area contributed by atoms with Gasteiger partial charge in [0, 0.05) is 13.1 Å². The molecule has 0 atom stereocenters. The van der Waals surface area contributed by atoms with Crippen molar-refractivity contribution in [2.24, 2.45) is 7.05 Å². The van der Waals surface area contributed by atoms with Crippen molar-refractivity contribution in [3.8, 4) is 5.75 Å². The van der Waals surface area contributed by atoms with E-state index in [0.29, 0.717) is 36.6 Å². The highest BCUT2D eigenvalue weighted by atomic mass is 19.1. The predicted molar refractivity (Wildman–Crippen MR) is 132 cm³/mol. The molecule has 2 aromatic heterocycles. The Hall–Kier alpha value is -3.33. The molecule has 0 amide bonds. The van der Waals surface area contributed by atoms with Crippen LogP contribution in [-0.4, -0.2) is 44.9 Å². The summed E-state index contributed by atoms with van der Waals surface area (Å²) < 4.78 is 28.1. The van der Waals surface area contributed by atoms with E-state index in [0.717, 1.165) is 43.2 Å². The first kappa shape index (κ1) is 23.4. The van der Waals surface area contributed by atoms with Gasteiger partial charge in [0.2, 0.25) is 0 Å². The molecular formula is C26H30FN5O3. The summed E-state index contributed by atoms with van der Waals surface area (Å²) in [5, 5.41) is 3.25. The summed E-state index contributed by atoms with van der Waals surface area (Å²) in [6.45, 7) is 3.15. The van der Waals surface area contributed by atoms with E-state index in [1.807, 2.05) is 19.1 Å². The number of anilines is 1. The van der Waals surface area contributed by atoms with E-state index >= 15 is 0 Å². The average Bonchev–Trinajstić information content (AvgIpc) is 2.89. The lowest BCUT2D eigenvalue weighted by atomic mass is 9.92. The molecule has 1 saturated carbocycles. The van der Waals surface area contributed by atoms with E-state index < -0.39 is 0 Å². The van der Waals surface area contributed by atoms with Gasteiger partial charge in [0.1, 0.15) is 17.6 Å². The first-order valence-corrected chi connectivity index (χ1v) is 12.2. The van der Waals surface area contributed by atoms with Crippen molar-refractivity contribution in [2.75, 3.05) is 18.5 Å². The molecule has 0 saturated heterocycles. The third kappa shape index (κ3) is 4.91. The fourth-order valence-corrected chi connectivity index (χ4v) is 4.87. The molecule has 1 aliphatic heterocycles. The fraction of sp³-hybridized carbons (Fsp3) is 0.462. The Morgan fingerprint density at radius 3 is 2.77 bits per heavy atom. The van der Waals surface area contributed by atoms with Gasteiger partial charge >= 0.3 is 0 Å². The van der Waals surface area contributed by atoms with Gasteiger partial charge in [0.05, 0.1) is 36.7 Å². The molecule has 0 bridgehead atoms. The summed E-state index contributed by atoms with van der Waals surface area (Å²) in [5.41, 5.74) is 3.92. The Morgan fingerprint density at radius 2 is 2.03 bits per heavy atom. The molecule has 184 valence electrons. The second-order valence-electron chi connectivity index (χ2n) is 9.12. The Morgan fingerprint density at radius 1 is 1.20 bits per heavy atom. The number of hydrogen-bond acceptors (Lipinski definition) is 7. The number of halogens is 1. The molecule has 3 aromatic rings. The van der Waals surface area contributed by atoms with E-state index in [1.54, 1.807) is 11.6 Å². The monoisotopic (exact) mass is 479 g/mol. The van der Waals surface area contributed by atoms with Crippen molar-refractivity contribution in [1.82, 2.24) is 19.5 Å². The smallest absolute Gasteiger partial charge is 0.269 e. The SMILES string of the molecule is CCc1ncnc(N[C@H]2CC[C@@H](Oc3cc(C4=CCOCC4)cc4ncc(=O)n(C)c34)CC2)c1F. The van der Waals surface area contributed by atoms with Gasteiger partial charge < -0.3 is 19.4 Å². The summed E-state index contributed by atoms with van der Waals surface area (Å²) in [7, 11) is 1.74. The molecule has 0 radical (unpaired) electrons. The van der Waals surface area contributed by atoms with Crippen LogP contribution in [0.2, 0.25) is 0 Å². The number of fused-ring (bicyclic) bond motifs is 1. The average molecular weight is 480 g/mol. The lowest BCUT2D eigenvalue weighted by Crippen LogP contribution is -2.32. The van der Waals surface area contributed by atoms with Gasteiger partial charge in [-0.3, -0.25) is 4.79 Å². The van der Waals surface area contributed by atoms with Gasteiger partial charge in [-0.2, -0.15) is 0 Å². The van der Waals surface area contributed by atoms with Crippen molar-refractivity contribution in [1.29, 1.82) is 0 Å². The van der Waals surface area contributed by atoms with E-state index in [9.17, 15) is 9.18 Å². The second-order valence-corrected chi connectivity index (χ2v) is 9.12. The van der Waals surface area contributed by atoms with Gasteiger partial charge in [-0.05, 0) is 61.8 Å². The molecule has 1 N–H and O–H groups in total. The number of benzene rings is 1. The molecule has 35 heavy (non-hydrogen) atoms. The highest BCUT2D eigenvalue weighted by Gasteiger charge is 2.25. The summed E-state index contributed by atoms with van der Waals surface area (Å²) in [6.07, 6.45) is 9.45. The molecule has 2 aliphatic rings. The lowest BCUT2D eigenvalue weighted by Gasteiger charge is -2.30. The number of nitrogens with zero attached hydrogens (tertiary/aromatic N) is 4. The van der Waals surface area contributed by atoms with Gasteiger partial charge in [-0.15, -0.1) is 0 Å². The summed E-state index contributed by atoms with van der Waals surface area (Å²) in [4.78, 5) is 24.8. The number of aromatic nitrogens is 4. The molecule has 3 heterocycles. The van der Waals surface area contributed by atoms with Crippen LogP contribution in [-0.2, 0) is 18.2 Å².